The van der Waals surface area contributed by atoms with Crippen LogP contribution in [-0.4, -0.2) is 17.0 Å². The average molecular weight is 279 g/mol. The number of hydrazone groups is 1. The van der Waals surface area contributed by atoms with Gasteiger partial charge < -0.3 is 0 Å². The molecule has 94 valence electrons. The number of hydrogen-bond acceptors (Lipinski definition) is 6. The zero-order chi connectivity index (χ0) is 13.1. The number of rotatable bonds is 4. The number of carbonyl (C=O) groups is 1. The minimum absolute atomic E-state index is 0.0381. The SMILES string of the molecule is CC(=O)c1sc(N/N=C\c2sccc2C)nc1C. The van der Waals surface area contributed by atoms with Crippen LogP contribution in [0.3, 0.4) is 0 Å². The van der Waals surface area contributed by atoms with Crippen molar-refractivity contribution in [1.82, 2.24) is 4.98 Å². The Balaban J connectivity index is 2.07. The highest BCUT2D eigenvalue weighted by atomic mass is 32.1. The molecule has 0 aliphatic carbocycles. The van der Waals surface area contributed by atoms with E-state index in [4.69, 9.17) is 0 Å². The first-order valence-electron chi connectivity index (χ1n) is 5.39. The van der Waals surface area contributed by atoms with Gasteiger partial charge in [0.1, 0.15) is 0 Å². The molecule has 0 fully saturated rings. The van der Waals surface area contributed by atoms with Gasteiger partial charge in [0.25, 0.3) is 0 Å². The van der Waals surface area contributed by atoms with Crippen LogP contribution in [-0.2, 0) is 0 Å². The Kier molecular flexibility index (Phi) is 3.88. The highest BCUT2D eigenvalue weighted by Gasteiger charge is 2.10. The third-order valence-corrected chi connectivity index (χ3v) is 4.48. The molecule has 18 heavy (non-hydrogen) atoms. The van der Waals surface area contributed by atoms with E-state index in [1.807, 2.05) is 25.3 Å². The molecule has 2 aromatic rings. The molecule has 0 atom stereocenters. The summed E-state index contributed by atoms with van der Waals surface area (Å²) in [6, 6.07) is 2.05. The van der Waals surface area contributed by atoms with Crippen molar-refractivity contribution in [3.63, 3.8) is 0 Å². The van der Waals surface area contributed by atoms with Crippen molar-refractivity contribution in [3.05, 3.63) is 32.5 Å². The molecule has 0 radical (unpaired) electrons. The minimum atomic E-state index is 0.0381. The topological polar surface area (TPSA) is 54.4 Å². The van der Waals surface area contributed by atoms with Crippen LogP contribution in [0, 0.1) is 13.8 Å². The number of aromatic nitrogens is 1. The van der Waals surface area contributed by atoms with Crippen LogP contribution in [0.2, 0.25) is 0 Å². The van der Waals surface area contributed by atoms with Gasteiger partial charge in [-0.1, -0.05) is 11.3 Å². The van der Waals surface area contributed by atoms with E-state index < -0.39 is 0 Å². The zero-order valence-corrected chi connectivity index (χ0v) is 12.0. The van der Waals surface area contributed by atoms with Gasteiger partial charge in [-0.2, -0.15) is 5.10 Å². The first-order chi connectivity index (χ1) is 8.58. The van der Waals surface area contributed by atoms with Gasteiger partial charge in [0.15, 0.2) is 5.78 Å². The summed E-state index contributed by atoms with van der Waals surface area (Å²) in [6.07, 6.45) is 1.77. The predicted molar refractivity (Wildman–Crippen MR) is 77.1 cm³/mol. The van der Waals surface area contributed by atoms with Crippen molar-refractivity contribution in [1.29, 1.82) is 0 Å². The molecule has 0 amide bonds. The largest absolute Gasteiger partial charge is 0.294 e. The quantitative estimate of drug-likeness (QED) is 0.529. The number of nitrogens with zero attached hydrogens (tertiary/aromatic N) is 2. The molecule has 2 rings (SSSR count). The van der Waals surface area contributed by atoms with Crippen LogP contribution in [0.25, 0.3) is 0 Å². The lowest BCUT2D eigenvalue weighted by Crippen LogP contribution is -1.90. The Morgan fingerprint density at radius 3 is 2.83 bits per heavy atom. The maximum Gasteiger partial charge on any atom is 0.204 e. The zero-order valence-electron chi connectivity index (χ0n) is 10.4. The number of aryl methyl sites for hydroxylation is 2. The van der Waals surface area contributed by atoms with E-state index in [9.17, 15) is 4.79 Å². The van der Waals surface area contributed by atoms with Gasteiger partial charge in [-0.05, 0) is 30.9 Å². The fourth-order valence-electron chi connectivity index (χ4n) is 1.43. The Bertz CT molecular complexity index is 598. The Morgan fingerprint density at radius 2 is 2.28 bits per heavy atom. The van der Waals surface area contributed by atoms with E-state index in [2.05, 4.69) is 15.5 Å². The lowest BCUT2D eigenvalue weighted by molar-refractivity contribution is 0.102. The number of ketones is 1. The van der Waals surface area contributed by atoms with Crippen molar-refractivity contribution in [2.45, 2.75) is 20.8 Å². The van der Waals surface area contributed by atoms with Crippen LogP contribution < -0.4 is 5.43 Å². The van der Waals surface area contributed by atoms with Gasteiger partial charge in [-0.15, -0.1) is 11.3 Å². The average Bonchev–Trinajstić information content (AvgIpc) is 2.86. The van der Waals surface area contributed by atoms with Gasteiger partial charge in [0, 0.05) is 11.8 Å². The lowest BCUT2D eigenvalue weighted by atomic mass is 10.3. The highest BCUT2D eigenvalue weighted by molar-refractivity contribution is 7.17. The fourth-order valence-corrected chi connectivity index (χ4v) is 3.03. The fraction of sp³-hybridized carbons (Fsp3) is 0.250. The molecule has 2 heterocycles. The van der Waals surface area contributed by atoms with Crippen LogP contribution in [0.1, 0.15) is 32.7 Å². The van der Waals surface area contributed by atoms with E-state index in [1.54, 1.807) is 24.5 Å². The molecule has 0 saturated carbocycles. The number of carbonyl (C=O) groups excluding carboxylic acids is 1. The first kappa shape index (κ1) is 12.9. The summed E-state index contributed by atoms with van der Waals surface area (Å²) in [4.78, 5) is 17.3. The molecule has 0 saturated heterocycles. The molecule has 6 heteroatoms. The summed E-state index contributed by atoms with van der Waals surface area (Å²) >= 11 is 2.96. The molecular formula is C12H13N3OS2. The number of nitrogens with one attached hydrogen (secondary N) is 1. The standard InChI is InChI=1S/C12H13N3OS2/c1-7-4-5-17-10(7)6-13-15-12-14-8(2)11(18-12)9(3)16/h4-6H,1-3H3,(H,14,15)/b13-6-. The van der Waals surface area contributed by atoms with E-state index in [0.717, 1.165) is 10.6 Å². The second-order valence-electron chi connectivity index (χ2n) is 3.83. The Labute approximate surface area is 113 Å². The lowest BCUT2D eigenvalue weighted by Gasteiger charge is -1.92. The van der Waals surface area contributed by atoms with E-state index >= 15 is 0 Å². The van der Waals surface area contributed by atoms with E-state index in [-0.39, 0.29) is 5.78 Å². The van der Waals surface area contributed by atoms with E-state index in [1.165, 1.54) is 16.9 Å². The van der Waals surface area contributed by atoms with Gasteiger partial charge in [-0.3, -0.25) is 10.2 Å². The molecule has 0 unspecified atom stereocenters. The number of thiophene rings is 1. The summed E-state index contributed by atoms with van der Waals surface area (Å²) in [6.45, 7) is 5.41. The third-order valence-electron chi connectivity index (χ3n) is 2.36. The molecule has 0 aliphatic heterocycles. The first-order valence-corrected chi connectivity index (χ1v) is 7.09. The van der Waals surface area contributed by atoms with Gasteiger partial charge in [-0.25, -0.2) is 4.98 Å². The van der Waals surface area contributed by atoms with E-state index in [0.29, 0.717) is 10.0 Å². The van der Waals surface area contributed by atoms with Crippen LogP contribution >= 0.6 is 22.7 Å². The van der Waals surface area contributed by atoms with Crippen molar-refractivity contribution in [2.24, 2.45) is 5.10 Å². The van der Waals surface area contributed by atoms with Crippen molar-refractivity contribution >= 4 is 39.8 Å². The maximum atomic E-state index is 11.3. The maximum absolute atomic E-state index is 11.3. The Morgan fingerprint density at radius 1 is 1.50 bits per heavy atom. The summed E-state index contributed by atoms with van der Waals surface area (Å²) in [5.74, 6) is 0.0381. The second-order valence-corrected chi connectivity index (χ2v) is 5.77. The van der Waals surface area contributed by atoms with Gasteiger partial charge in [0.05, 0.1) is 16.8 Å². The van der Waals surface area contributed by atoms with Gasteiger partial charge >= 0.3 is 0 Å². The second kappa shape index (κ2) is 5.41. The Hall–Kier alpha value is -1.53. The number of Topliss-reactive ketones (excluding diaryl/α,β-unsaturated/α-hetero) is 1. The van der Waals surface area contributed by atoms with Crippen molar-refractivity contribution in [2.75, 3.05) is 5.43 Å². The third kappa shape index (κ3) is 2.83. The van der Waals surface area contributed by atoms with Crippen LogP contribution in [0.5, 0.6) is 0 Å². The molecule has 1 N–H and O–H groups in total. The number of anilines is 1. The molecule has 2 aromatic heterocycles. The van der Waals surface area contributed by atoms with Gasteiger partial charge in [0.2, 0.25) is 5.13 Å². The summed E-state index contributed by atoms with van der Waals surface area (Å²) < 4.78 is 0. The minimum Gasteiger partial charge on any atom is -0.294 e. The highest BCUT2D eigenvalue weighted by Crippen LogP contribution is 2.22. The predicted octanol–water partition coefficient (Wildman–Crippen LogP) is 3.47. The smallest absolute Gasteiger partial charge is 0.204 e. The van der Waals surface area contributed by atoms with Crippen molar-refractivity contribution in [3.8, 4) is 0 Å². The summed E-state index contributed by atoms with van der Waals surface area (Å²) in [7, 11) is 0. The molecule has 0 bridgehead atoms. The summed E-state index contributed by atoms with van der Waals surface area (Å²) in [5.41, 5.74) is 4.80. The molecular weight excluding hydrogens is 266 g/mol. The van der Waals surface area contributed by atoms with Crippen LogP contribution in [0.4, 0.5) is 5.13 Å². The normalized spacial score (nSPS) is 11.1. The monoisotopic (exact) mass is 279 g/mol. The van der Waals surface area contributed by atoms with Crippen LogP contribution in [0.15, 0.2) is 16.5 Å². The molecule has 0 aromatic carbocycles. The number of hydrogen-bond donors (Lipinski definition) is 1. The molecule has 4 nitrogen and oxygen atoms in total. The number of thiazole rings is 1. The summed E-state index contributed by atoms with van der Waals surface area (Å²) in [5, 5.41) is 6.80. The molecule has 0 spiro atoms. The molecule has 0 aliphatic rings. The van der Waals surface area contributed by atoms with Crippen molar-refractivity contribution < 1.29 is 4.79 Å².